The summed E-state index contributed by atoms with van der Waals surface area (Å²) in [5.41, 5.74) is 0.877. The number of hydrogen-bond acceptors (Lipinski definition) is 2. The molecule has 1 aromatic heterocycles. The van der Waals surface area contributed by atoms with Crippen molar-refractivity contribution in [3.05, 3.63) is 36.1 Å². The number of benzene rings is 1. The van der Waals surface area contributed by atoms with Crippen molar-refractivity contribution in [2.45, 2.75) is 32.2 Å². The summed E-state index contributed by atoms with van der Waals surface area (Å²) in [7, 11) is 0. The molecule has 1 aliphatic rings. The minimum Gasteiger partial charge on any atom is -0.459 e. The van der Waals surface area contributed by atoms with Crippen molar-refractivity contribution < 1.29 is 9.21 Å². The molecule has 0 aliphatic heterocycles. The van der Waals surface area contributed by atoms with Gasteiger partial charge in [0.05, 0.1) is 6.54 Å². The third-order valence-electron chi connectivity index (χ3n) is 3.64. The van der Waals surface area contributed by atoms with Gasteiger partial charge in [-0.1, -0.05) is 31.0 Å². The zero-order chi connectivity index (χ0) is 12.4. The molecule has 1 fully saturated rings. The van der Waals surface area contributed by atoms with E-state index in [2.05, 4.69) is 5.32 Å². The predicted molar refractivity (Wildman–Crippen MR) is 70.0 cm³/mol. The lowest BCUT2D eigenvalue weighted by atomic mass is 10.1. The predicted octanol–water partition coefficient (Wildman–Crippen LogP) is 3.24. The number of carbonyl (C=O) groups excluding carboxylic acids is 1. The highest BCUT2D eigenvalue weighted by atomic mass is 16.3. The number of furan rings is 1. The lowest BCUT2D eigenvalue weighted by Gasteiger charge is -2.08. The van der Waals surface area contributed by atoms with Gasteiger partial charge in [-0.25, -0.2) is 0 Å². The summed E-state index contributed by atoms with van der Waals surface area (Å²) in [6.45, 7) is 0.490. The number of amides is 1. The van der Waals surface area contributed by atoms with E-state index in [9.17, 15) is 4.79 Å². The van der Waals surface area contributed by atoms with Crippen molar-refractivity contribution >= 4 is 16.9 Å². The van der Waals surface area contributed by atoms with Gasteiger partial charge < -0.3 is 9.73 Å². The molecule has 1 saturated carbocycles. The number of fused-ring (bicyclic) bond motifs is 1. The Bertz CT molecular complexity index is 519. The zero-order valence-electron chi connectivity index (χ0n) is 10.3. The van der Waals surface area contributed by atoms with Gasteiger partial charge >= 0.3 is 0 Å². The summed E-state index contributed by atoms with van der Waals surface area (Å²) < 4.78 is 5.67. The molecule has 3 heteroatoms. The highest BCUT2D eigenvalue weighted by molar-refractivity contribution is 5.80. The van der Waals surface area contributed by atoms with E-state index >= 15 is 0 Å². The Balaban J connectivity index is 1.63. The minimum absolute atomic E-state index is 0.174. The van der Waals surface area contributed by atoms with Crippen LogP contribution < -0.4 is 5.32 Å². The van der Waals surface area contributed by atoms with Gasteiger partial charge in [0.15, 0.2) is 0 Å². The van der Waals surface area contributed by atoms with Crippen LogP contribution in [0.4, 0.5) is 0 Å². The Labute approximate surface area is 106 Å². The Morgan fingerprint density at radius 2 is 2.06 bits per heavy atom. The Morgan fingerprint density at radius 3 is 2.83 bits per heavy atom. The van der Waals surface area contributed by atoms with Gasteiger partial charge in [0.2, 0.25) is 5.91 Å². The van der Waals surface area contributed by atoms with Crippen LogP contribution in [0, 0.1) is 5.92 Å². The van der Waals surface area contributed by atoms with Gasteiger partial charge in [0.1, 0.15) is 11.3 Å². The molecule has 2 aromatic rings. The lowest BCUT2D eigenvalue weighted by Crippen LogP contribution is -2.28. The van der Waals surface area contributed by atoms with Gasteiger partial charge in [-0.15, -0.1) is 0 Å². The molecule has 3 rings (SSSR count). The average molecular weight is 243 g/mol. The second-order valence-electron chi connectivity index (χ2n) is 4.95. The summed E-state index contributed by atoms with van der Waals surface area (Å²) in [4.78, 5) is 11.9. The molecule has 0 saturated heterocycles. The summed E-state index contributed by atoms with van der Waals surface area (Å²) in [6, 6.07) is 9.88. The van der Waals surface area contributed by atoms with Crippen LogP contribution in [0.15, 0.2) is 34.7 Å². The molecule has 0 bridgehead atoms. The molecule has 0 unspecified atom stereocenters. The molecule has 1 N–H and O–H groups in total. The highest BCUT2D eigenvalue weighted by Gasteiger charge is 2.22. The van der Waals surface area contributed by atoms with Crippen molar-refractivity contribution in [2.24, 2.45) is 5.92 Å². The van der Waals surface area contributed by atoms with E-state index < -0.39 is 0 Å². The first-order chi connectivity index (χ1) is 8.83. The molecule has 1 heterocycles. The molecule has 0 radical (unpaired) electrons. The van der Waals surface area contributed by atoms with Gasteiger partial charge in [-0.3, -0.25) is 4.79 Å². The first-order valence-electron chi connectivity index (χ1n) is 6.58. The number of para-hydroxylation sites is 1. The van der Waals surface area contributed by atoms with E-state index in [4.69, 9.17) is 4.42 Å². The first kappa shape index (κ1) is 11.3. The maximum atomic E-state index is 11.9. The van der Waals surface area contributed by atoms with Gasteiger partial charge in [-0.2, -0.15) is 0 Å². The summed E-state index contributed by atoms with van der Waals surface area (Å²) >= 11 is 0. The summed E-state index contributed by atoms with van der Waals surface area (Å²) in [6.07, 6.45) is 4.43. The third-order valence-corrected chi connectivity index (χ3v) is 3.64. The van der Waals surface area contributed by atoms with Crippen LogP contribution in [-0.2, 0) is 11.3 Å². The largest absolute Gasteiger partial charge is 0.459 e. The molecule has 18 heavy (non-hydrogen) atoms. The highest BCUT2D eigenvalue weighted by Crippen LogP contribution is 2.25. The fourth-order valence-electron chi connectivity index (χ4n) is 2.63. The molecule has 94 valence electrons. The van der Waals surface area contributed by atoms with Crippen molar-refractivity contribution in [3.8, 4) is 0 Å². The fourth-order valence-corrected chi connectivity index (χ4v) is 2.63. The molecular formula is C15H17NO2. The van der Waals surface area contributed by atoms with E-state index in [1.165, 1.54) is 12.8 Å². The van der Waals surface area contributed by atoms with Crippen LogP contribution in [-0.4, -0.2) is 5.91 Å². The molecule has 1 aliphatic carbocycles. The fraction of sp³-hybridized carbons (Fsp3) is 0.400. The molecule has 1 amide bonds. The lowest BCUT2D eigenvalue weighted by molar-refractivity contribution is -0.125. The number of nitrogens with one attached hydrogen (secondary N) is 1. The van der Waals surface area contributed by atoms with Crippen LogP contribution in [0.5, 0.6) is 0 Å². The third kappa shape index (κ3) is 2.26. The number of hydrogen-bond donors (Lipinski definition) is 1. The normalized spacial score (nSPS) is 16.2. The van der Waals surface area contributed by atoms with Crippen LogP contribution in [0.3, 0.4) is 0 Å². The Morgan fingerprint density at radius 1 is 1.28 bits per heavy atom. The second-order valence-corrected chi connectivity index (χ2v) is 4.95. The average Bonchev–Trinajstić information content (AvgIpc) is 3.04. The molecule has 3 nitrogen and oxygen atoms in total. The maximum absolute atomic E-state index is 11.9. The summed E-state index contributed by atoms with van der Waals surface area (Å²) in [5, 5.41) is 4.05. The SMILES string of the molecule is O=C(NCc1cc2ccccc2o1)C1CCCC1. The standard InChI is InChI=1S/C15H17NO2/c17-15(11-5-1-2-6-11)16-10-13-9-12-7-3-4-8-14(12)18-13/h3-4,7-9,11H,1-2,5-6,10H2,(H,16,17). The summed E-state index contributed by atoms with van der Waals surface area (Å²) in [5.74, 6) is 1.21. The van der Waals surface area contributed by atoms with Crippen molar-refractivity contribution in [1.82, 2.24) is 5.32 Å². The minimum atomic E-state index is 0.174. The van der Waals surface area contributed by atoms with E-state index in [0.29, 0.717) is 6.54 Å². The van der Waals surface area contributed by atoms with Gasteiger partial charge in [-0.05, 0) is 25.0 Å². The molecule has 0 spiro atoms. The maximum Gasteiger partial charge on any atom is 0.223 e. The van der Waals surface area contributed by atoms with Crippen LogP contribution in [0.1, 0.15) is 31.4 Å². The van der Waals surface area contributed by atoms with Crippen LogP contribution >= 0.6 is 0 Å². The smallest absolute Gasteiger partial charge is 0.223 e. The van der Waals surface area contributed by atoms with Crippen molar-refractivity contribution in [1.29, 1.82) is 0 Å². The Kier molecular flexibility index (Phi) is 3.05. The second kappa shape index (κ2) is 4.84. The quantitative estimate of drug-likeness (QED) is 0.899. The number of rotatable bonds is 3. The zero-order valence-corrected chi connectivity index (χ0v) is 10.3. The van der Waals surface area contributed by atoms with Crippen molar-refractivity contribution in [3.63, 3.8) is 0 Å². The van der Waals surface area contributed by atoms with Crippen molar-refractivity contribution in [2.75, 3.05) is 0 Å². The molecule has 0 atom stereocenters. The first-order valence-corrected chi connectivity index (χ1v) is 6.58. The van der Waals surface area contributed by atoms with E-state index in [0.717, 1.165) is 29.6 Å². The van der Waals surface area contributed by atoms with E-state index in [1.54, 1.807) is 0 Å². The van der Waals surface area contributed by atoms with E-state index in [-0.39, 0.29) is 11.8 Å². The molecular weight excluding hydrogens is 226 g/mol. The molecule has 1 aromatic carbocycles. The Hall–Kier alpha value is -1.77. The van der Waals surface area contributed by atoms with Gasteiger partial charge in [0, 0.05) is 11.3 Å². The van der Waals surface area contributed by atoms with Crippen LogP contribution in [0.25, 0.3) is 11.0 Å². The van der Waals surface area contributed by atoms with Gasteiger partial charge in [0.25, 0.3) is 0 Å². The monoisotopic (exact) mass is 243 g/mol. The topological polar surface area (TPSA) is 42.2 Å². The van der Waals surface area contributed by atoms with Crippen LogP contribution in [0.2, 0.25) is 0 Å². The number of carbonyl (C=O) groups is 1. The van der Waals surface area contributed by atoms with E-state index in [1.807, 2.05) is 30.3 Å².